The van der Waals surface area contributed by atoms with Crippen LogP contribution in [0.5, 0.6) is 0 Å². The number of benzene rings is 3. The highest BCUT2D eigenvalue weighted by Gasteiger charge is 2.35. The highest BCUT2D eigenvalue weighted by Crippen LogP contribution is 2.29. The Morgan fingerprint density at radius 2 is 1.60 bits per heavy atom. The predicted molar refractivity (Wildman–Crippen MR) is 157 cm³/mol. The molecule has 1 N–H and O–H groups in total. The van der Waals surface area contributed by atoms with Crippen molar-refractivity contribution < 1.29 is 22.4 Å². The van der Waals surface area contributed by atoms with Crippen LogP contribution in [0.15, 0.2) is 72.8 Å². The van der Waals surface area contributed by atoms with E-state index in [0.717, 1.165) is 16.1 Å². The van der Waals surface area contributed by atoms with Crippen LogP contribution < -0.4 is 9.62 Å². The van der Waals surface area contributed by atoms with Crippen LogP contribution in [0.25, 0.3) is 0 Å². The first-order valence-corrected chi connectivity index (χ1v) is 15.0. The quantitative estimate of drug-likeness (QED) is 0.357. The molecule has 3 aromatic rings. The Bertz CT molecular complexity index is 1460. The summed E-state index contributed by atoms with van der Waals surface area (Å²) in [5.74, 6) is -1.65. The van der Waals surface area contributed by atoms with Gasteiger partial charge in [-0.2, -0.15) is 0 Å². The van der Waals surface area contributed by atoms with Gasteiger partial charge >= 0.3 is 0 Å². The van der Waals surface area contributed by atoms with E-state index in [4.69, 9.17) is 11.6 Å². The van der Waals surface area contributed by atoms with E-state index in [-0.39, 0.29) is 24.2 Å². The van der Waals surface area contributed by atoms with Gasteiger partial charge in [0, 0.05) is 29.1 Å². The van der Waals surface area contributed by atoms with Crippen LogP contribution in [0.1, 0.15) is 37.5 Å². The number of rotatable bonds is 10. The molecule has 0 unspecified atom stereocenters. The second kappa shape index (κ2) is 12.8. The maximum atomic E-state index is 14.8. The molecule has 3 rings (SSSR count). The molecule has 2 amide bonds. The Balaban J connectivity index is 2.11. The van der Waals surface area contributed by atoms with Crippen molar-refractivity contribution in [1.29, 1.82) is 0 Å². The second-order valence-corrected chi connectivity index (χ2v) is 13.0. The third-order valence-electron chi connectivity index (χ3n) is 6.25. The van der Waals surface area contributed by atoms with Crippen molar-refractivity contribution in [2.45, 2.75) is 52.2 Å². The van der Waals surface area contributed by atoms with E-state index >= 15 is 0 Å². The average Bonchev–Trinajstić information content (AvgIpc) is 2.86. The lowest BCUT2D eigenvalue weighted by molar-refractivity contribution is -0.140. The first-order chi connectivity index (χ1) is 18.7. The molecule has 40 heavy (non-hydrogen) atoms. The standard InChI is InChI=1S/C30H35ClFN3O4S/c1-21-24(31)15-11-17-26(21)35(40(5,38)39)20-28(36)34(19-23-14-9-10-16-25(23)32)27(29(37)33-30(2,3)4)18-22-12-7-6-8-13-22/h6-17,27H,18-20H2,1-5H3,(H,33,37)/t27-/m0/s1. The molecular weight excluding hydrogens is 553 g/mol. The molecule has 0 aliphatic heterocycles. The van der Waals surface area contributed by atoms with Crippen LogP contribution in [-0.4, -0.2) is 49.5 Å². The summed E-state index contributed by atoms with van der Waals surface area (Å²) in [5.41, 5.74) is 1.09. The van der Waals surface area contributed by atoms with E-state index in [2.05, 4.69) is 5.32 Å². The number of nitrogens with zero attached hydrogens (tertiary/aromatic N) is 2. The number of nitrogens with one attached hydrogen (secondary N) is 1. The van der Waals surface area contributed by atoms with Crippen LogP contribution in [-0.2, 0) is 32.6 Å². The topological polar surface area (TPSA) is 86.8 Å². The van der Waals surface area contributed by atoms with E-state index in [1.165, 1.54) is 23.1 Å². The molecule has 0 spiro atoms. The summed E-state index contributed by atoms with van der Waals surface area (Å²) < 4.78 is 41.6. The van der Waals surface area contributed by atoms with Gasteiger partial charge in [0.15, 0.2) is 0 Å². The molecule has 0 radical (unpaired) electrons. The van der Waals surface area contributed by atoms with Gasteiger partial charge in [0.05, 0.1) is 11.9 Å². The van der Waals surface area contributed by atoms with Gasteiger partial charge in [-0.1, -0.05) is 66.2 Å². The third-order valence-corrected chi connectivity index (χ3v) is 7.79. The van der Waals surface area contributed by atoms with Gasteiger partial charge in [-0.3, -0.25) is 13.9 Å². The van der Waals surface area contributed by atoms with Gasteiger partial charge in [0.1, 0.15) is 18.4 Å². The number of hydrogen-bond donors (Lipinski definition) is 1. The first-order valence-electron chi connectivity index (χ1n) is 12.8. The van der Waals surface area contributed by atoms with Crippen LogP contribution in [0.3, 0.4) is 0 Å². The van der Waals surface area contributed by atoms with Gasteiger partial charge in [-0.15, -0.1) is 0 Å². The minimum atomic E-state index is -3.95. The Morgan fingerprint density at radius 3 is 2.20 bits per heavy atom. The lowest BCUT2D eigenvalue weighted by atomic mass is 10.0. The zero-order chi connectivity index (χ0) is 29.7. The summed E-state index contributed by atoms with van der Waals surface area (Å²) in [6, 6.07) is 18.9. The molecule has 0 aliphatic rings. The number of halogens is 2. The van der Waals surface area contributed by atoms with Gasteiger partial charge < -0.3 is 10.2 Å². The lowest BCUT2D eigenvalue weighted by Crippen LogP contribution is -2.56. The molecule has 0 saturated heterocycles. The molecule has 0 saturated carbocycles. The lowest BCUT2D eigenvalue weighted by Gasteiger charge is -2.35. The molecule has 214 valence electrons. The van der Waals surface area contributed by atoms with Crippen LogP contribution in [0, 0.1) is 12.7 Å². The minimum absolute atomic E-state index is 0.137. The fourth-order valence-corrected chi connectivity index (χ4v) is 5.35. The fraction of sp³-hybridized carbons (Fsp3) is 0.333. The molecule has 0 bridgehead atoms. The molecular formula is C30H35ClFN3O4S. The number of carbonyl (C=O) groups is 2. The van der Waals surface area contributed by atoms with Crippen molar-refractivity contribution in [2.24, 2.45) is 0 Å². The fourth-order valence-electron chi connectivity index (χ4n) is 4.28. The largest absolute Gasteiger partial charge is 0.350 e. The van der Waals surface area contributed by atoms with E-state index in [1.807, 2.05) is 51.1 Å². The number of carbonyl (C=O) groups excluding carboxylic acids is 2. The van der Waals surface area contributed by atoms with Crippen LogP contribution >= 0.6 is 11.6 Å². The number of sulfonamides is 1. The van der Waals surface area contributed by atoms with Gasteiger partial charge in [-0.05, 0) is 57.0 Å². The normalized spacial score (nSPS) is 12.5. The van der Waals surface area contributed by atoms with E-state index in [9.17, 15) is 22.4 Å². The van der Waals surface area contributed by atoms with Crippen molar-refractivity contribution in [3.8, 4) is 0 Å². The Kier molecular flexibility index (Phi) is 9.97. The van der Waals surface area contributed by atoms with E-state index < -0.39 is 45.8 Å². The molecule has 10 heteroatoms. The maximum Gasteiger partial charge on any atom is 0.244 e. The van der Waals surface area contributed by atoms with Gasteiger partial charge in [0.25, 0.3) is 0 Å². The number of hydrogen-bond acceptors (Lipinski definition) is 4. The molecule has 1 atom stereocenters. The van der Waals surface area contributed by atoms with E-state index in [1.54, 1.807) is 31.2 Å². The zero-order valence-electron chi connectivity index (χ0n) is 23.3. The monoisotopic (exact) mass is 587 g/mol. The van der Waals surface area contributed by atoms with Crippen molar-refractivity contribution in [1.82, 2.24) is 10.2 Å². The number of amides is 2. The summed E-state index contributed by atoms with van der Waals surface area (Å²) in [6.45, 7) is 6.27. The predicted octanol–water partition coefficient (Wildman–Crippen LogP) is 5.11. The summed E-state index contributed by atoms with van der Waals surface area (Å²) in [7, 11) is -3.95. The minimum Gasteiger partial charge on any atom is -0.350 e. The van der Waals surface area contributed by atoms with Crippen LogP contribution in [0.4, 0.5) is 10.1 Å². The molecule has 0 heterocycles. The third kappa shape index (κ3) is 8.29. The maximum absolute atomic E-state index is 14.8. The number of anilines is 1. The van der Waals surface area contributed by atoms with Gasteiger partial charge in [-0.25, -0.2) is 12.8 Å². The van der Waals surface area contributed by atoms with Crippen molar-refractivity contribution in [3.63, 3.8) is 0 Å². The highest BCUT2D eigenvalue weighted by atomic mass is 35.5. The Morgan fingerprint density at radius 1 is 0.975 bits per heavy atom. The average molecular weight is 588 g/mol. The highest BCUT2D eigenvalue weighted by molar-refractivity contribution is 7.92. The summed E-state index contributed by atoms with van der Waals surface area (Å²) >= 11 is 6.26. The van der Waals surface area contributed by atoms with Crippen molar-refractivity contribution in [2.75, 3.05) is 17.1 Å². The summed E-state index contributed by atoms with van der Waals surface area (Å²) in [4.78, 5) is 29.0. The molecule has 0 fully saturated rings. The zero-order valence-corrected chi connectivity index (χ0v) is 24.9. The SMILES string of the molecule is Cc1c(Cl)cccc1N(CC(=O)N(Cc1ccccc1F)[C@@H](Cc1ccccc1)C(=O)NC(C)(C)C)S(C)(=O)=O. The van der Waals surface area contributed by atoms with Gasteiger partial charge in [0.2, 0.25) is 21.8 Å². The van der Waals surface area contributed by atoms with Crippen molar-refractivity contribution >= 4 is 39.1 Å². The van der Waals surface area contributed by atoms with Crippen molar-refractivity contribution in [3.05, 3.63) is 100 Å². The Hall–Kier alpha value is -3.43. The van der Waals surface area contributed by atoms with Crippen LogP contribution in [0.2, 0.25) is 5.02 Å². The molecule has 3 aromatic carbocycles. The second-order valence-electron chi connectivity index (χ2n) is 10.7. The summed E-state index contributed by atoms with van der Waals surface area (Å²) in [5, 5.41) is 3.27. The van der Waals surface area contributed by atoms with E-state index in [0.29, 0.717) is 10.6 Å². The Labute approximate surface area is 241 Å². The smallest absolute Gasteiger partial charge is 0.244 e. The first kappa shape index (κ1) is 31.1. The molecule has 7 nitrogen and oxygen atoms in total. The summed E-state index contributed by atoms with van der Waals surface area (Å²) in [6.07, 6.45) is 1.13. The molecule has 0 aliphatic carbocycles. The molecule has 0 aromatic heterocycles.